The second-order valence-corrected chi connectivity index (χ2v) is 8.72. The topological polar surface area (TPSA) is 114 Å². The lowest BCUT2D eigenvalue weighted by Crippen LogP contribution is -2.37. The Kier molecular flexibility index (Phi) is 8.87. The third-order valence-corrected chi connectivity index (χ3v) is 5.94. The number of benzene rings is 4. The standard InChI is InChI=1S/C30H28N4O5/c1-22-8-5-6-11-28(22)29(35)31-20-7-21-33(30(36)32-23-12-14-25(15-13-23)34(37)38)24-16-18-27(19-17-24)39-26-9-3-2-4-10-26/h2-6,8-19H,7,20-21H2,1H3,(H,31,35)(H,32,36). The van der Waals surface area contributed by atoms with Crippen molar-refractivity contribution >= 4 is 29.0 Å². The lowest BCUT2D eigenvalue weighted by atomic mass is 10.1. The van der Waals surface area contributed by atoms with Crippen molar-refractivity contribution in [2.75, 3.05) is 23.3 Å². The van der Waals surface area contributed by atoms with Crippen LogP contribution in [0.3, 0.4) is 0 Å². The number of ether oxygens (including phenoxy) is 1. The molecule has 0 radical (unpaired) electrons. The van der Waals surface area contributed by atoms with Crippen molar-refractivity contribution in [3.05, 3.63) is 124 Å². The fourth-order valence-electron chi connectivity index (χ4n) is 3.89. The van der Waals surface area contributed by atoms with Crippen LogP contribution in [0.1, 0.15) is 22.3 Å². The largest absolute Gasteiger partial charge is 0.457 e. The van der Waals surface area contributed by atoms with Gasteiger partial charge >= 0.3 is 6.03 Å². The fourth-order valence-corrected chi connectivity index (χ4v) is 3.89. The summed E-state index contributed by atoms with van der Waals surface area (Å²) in [6, 6.07) is 29.0. The maximum Gasteiger partial charge on any atom is 0.326 e. The number of nitrogens with zero attached hydrogens (tertiary/aromatic N) is 2. The molecule has 0 aliphatic rings. The van der Waals surface area contributed by atoms with E-state index in [1.54, 1.807) is 35.2 Å². The van der Waals surface area contributed by atoms with Crippen molar-refractivity contribution in [2.45, 2.75) is 13.3 Å². The number of carbonyl (C=O) groups excluding carboxylic acids is 2. The van der Waals surface area contributed by atoms with Gasteiger partial charge in [-0.3, -0.25) is 19.8 Å². The number of hydrogen-bond donors (Lipinski definition) is 2. The van der Waals surface area contributed by atoms with Crippen LogP contribution in [0.4, 0.5) is 21.9 Å². The lowest BCUT2D eigenvalue weighted by Gasteiger charge is -2.24. The average molecular weight is 525 g/mol. The first-order chi connectivity index (χ1) is 18.9. The third kappa shape index (κ3) is 7.42. The van der Waals surface area contributed by atoms with Gasteiger partial charge in [0.1, 0.15) is 11.5 Å². The van der Waals surface area contributed by atoms with E-state index in [-0.39, 0.29) is 11.6 Å². The summed E-state index contributed by atoms with van der Waals surface area (Å²) in [5.41, 5.74) is 2.48. The Morgan fingerprint density at radius 1 is 0.846 bits per heavy atom. The van der Waals surface area contributed by atoms with E-state index in [1.165, 1.54) is 24.3 Å². The Hall–Kier alpha value is -5.18. The minimum absolute atomic E-state index is 0.0664. The van der Waals surface area contributed by atoms with Crippen molar-refractivity contribution in [1.29, 1.82) is 0 Å². The van der Waals surface area contributed by atoms with Crippen molar-refractivity contribution in [3.63, 3.8) is 0 Å². The molecule has 0 saturated heterocycles. The highest BCUT2D eigenvalue weighted by molar-refractivity contribution is 6.01. The van der Waals surface area contributed by atoms with Gasteiger partial charge in [0.05, 0.1) is 4.92 Å². The van der Waals surface area contributed by atoms with Crippen molar-refractivity contribution in [1.82, 2.24) is 5.32 Å². The molecule has 4 aromatic rings. The number of urea groups is 1. The van der Waals surface area contributed by atoms with Crippen LogP contribution in [-0.4, -0.2) is 30.0 Å². The fraction of sp³-hybridized carbons (Fsp3) is 0.133. The molecule has 0 fully saturated rings. The van der Waals surface area contributed by atoms with E-state index in [0.717, 1.165) is 5.56 Å². The number of nitro benzene ring substituents is 1. The Morgan fingerprint density at radius 2 is 1.49 bits per heavy atom. The first kappa shape index (κ1) is 26.9. The van der Waals surface area contributed by atoms with E-state index in [9.17, 15) is 19.7 Å². The molecule has 9 nitrogen and oxygen atoms in total. The summed E-state index contributed by atoms with van der Waals surface area (Å²) in [5, 5.41) is 16.6. The maximum absolute atomic E-state index is 13.3. The number of carbonyl (C=O) groups is 2. The number of hydrogen-bond acceptors (Lipinski definition) is 5. The van der Waals surface area contributed by atoms with Gasteiger partial charge in [-0.15, -0.1) is 0 Å². The molecule has 2 N–H and O–H groups in total. The van der Waals surface area contributed by atoms with Crippen molar-refractivity contribution in [3.8, 4) is 11.5 Å². The summed E-state index contributed by atoms with van der Waals surface area (Å²) in [6.07, 6.45) is 0.494. The molecule has 0 saturated carbocycles. The van der Waals surface area contributed by atoms with Crippen LogP contribution in [0.15, 0.2) is 103 Å². The Labute approximate surface area is 226 Å². The lowest BCUT2D eigenvalue weighted by molar-refractivity contribution is -0.384. The molecule has 0 heterocycles. The summed E-state index contributed by atoms with van der Waals surface area (Å²) in [6.45, 7) is 2.56. The zero-order valence-corrected chi connectivity index (χ0v) is 21.4. The van der Waals surface area contributed by atoms with Crippen LogP contribution in [0.25, 0.3) is 0 Å². The highest BCUT2D eigenvalue weighted by Gasteiger charge is 2.17. The van der Waals surface area contributed by atoms with Gasteiger partial charge in [-0.25, -0.2) is 4.79 Å². The molecule has 39 heavy (non-hydrogen) atoms. The van der Waals surface area contributed by atoms with Gasteiger partial charge in [-0.2, -0.15) is 0 Å². The van der Waals surface area contributed by atoms with E-state index in [0.29, 0.717) is 47.9 Å². The minimum Gasteiger partial charge on any atom is -0.457 e. The van der Waals surface area contributed by atoms with Gasteiger partial charge in [0, 0.05) is 42.2 Å². The van der Waals surface area contributed by atoms with Gasteiger partial charge in [0.2, 0.25) is 0 Å². The van der Waals surface area contributed by atoms with Crippen LogP contribution in [0.2, 0.25) is 0 Å². The molecular weight excluding hydrogens is 496 g/mol. The normalized spacial score (nSPS) is 10.4. The third-order valence-electron chi connectivity index (χ3n) is 5.94. The number of para-hydroxylation sites is 1. The predicted molar refractivity (Wildman–Crippen MR) is 151 cm³/mol. The second kappa shape index (κ2) is 12.9. The number of aryl methyl sites for hydroxylation is 1. The molecular formula is C30H28N4O5. The average Bonchev–Trinajstić information content (AvgIpc) is 2.94. The van der Waals surface area contributed by atoms with Crippen LogP contribution < -0.4 is 20.3 Å². The molecule has 0 aromatic heterocycles. The van der Waals surface area contributed by atoms with Crippen LogP contribution >= 0.6 is 0 Å². The Bertz CT molecular complexity index is 1420. The number of rotatable bonds is 10. The highest BCUT2D eigenvalue weighted by atomic mass is 16.6. The van der Waals surface area contributed by atoms with Gasteiger partial charge in [0.25, 0.3) is 11.6 Å². The van der Waals surface area contributed by atoms with E-state index < -0.39 is 11.0 Å². The first-order valence-corrected chi connectivity index (χ1v) is 12.4. The molecule has 0 spiro atoms. The van der Waals surface area contributed by atoms with E-state index in [1.807, 2.05) is 55.5 Å². The predicted octanol–water partition coefficient (Wildman–Crippen LogP) is 6.55. The van der Waals surface area contributed by atoms with Crippen LogP contribution in [-0.2, 0) is 0 Å². The number of amides is 3. The molecule has 198 valence electrons. The first-order valence-electron chi connectivity index (χ1n) is 12.4. The summed E-state index contributed by atoms with van der Waals surface area (Å²) in [7, 11) is 0. The number of nitro groups is 1. The Morgan fingerprint density at radius 3 is 2.15 bits per heavy atom. The van der Waals surface area contributed by atoms with Gasteiger partial charge in [0.15, 0.2) is 0 Å². The zero-order valence-electron chi connectivity index (χ0n) is 21.4. The van der Waals surface area contributed by atoms with Crippen LogP contribution in [0.5, 0.6) is 11.5 Å². The molecule has 3 amide bonds. The number of nitrogens with one attached hydrogen (secondary N) is 2. The smallest absolute Gasteiger partial charge is 0.326 e. The summed E-state index contributed by atoms with van der Waals surface area (Å²) in [4.78, 5) is 37.8. The molecule has 0 atom stereocenters. The van der Waals surface area contributed by atoms with Gasteiger partial charge in [-0.05, 0) is 73.5 Å². The molecule has 0 aliphatic heterocycles. The minimum atomic E-state index is -0.498. The van der Waals surface area contributed by atoms with Crippen LogP contribution in [0, 0.1) is 17.0 Å². The van der Waals surface area contributed by atoms with Crippen molar-refractivity contribution < 1.29 is 19.2 Å². The highest BCUT2D eigenvalue weighted by Crippen LogP contribution is 2.25. The monoisotopic (exact) mass is 524 g/mol. The van der Waals surface area contributed by atoms with E-state index in [2.05, 4.69) is 10.6 Å². The molecule has 0 unspecified atom stereocenters. The SMILES string of the molecule is Cc1ccccc1C(=O)NCCCN(C(=O)Nc1ccc([N+](=O)[O-])cc1)c1ccc(Oc2ccccc2)cc1. The second-order valence-electron chi connectivity index (χ2n) is 8.72. The molecule has 9 heteroatoms. The molecule has 0 bridgehead atoms. The molecule has 4 aromatic carbocycles. The quantitative estimate of drug-likeness (QED) is 0.139. The van der Waals surface area contributed by atoms with Gasteiger partial charge in [-0.1, -0.05) is 36.4 Å². The number of anilines is 2. The van der Waals surface area contributed by atoms with E-state index in [4.69, 9.17) is 4.74 Å². The number of non-ortho nitro benzene ring substituents is 1. The maximum atomic E-state index is 13.3. The summed E-state index contributed by atoms with van der Waals surface area (Å²) >= 11 is 0. The van der Waals surface area contributed by atoms with E-state index >= 15 is 0 Å². The zero-order chi connectivity index (χ0) is 27.6. The summed E-state index contributed by atoms with van der Waals surface area (Å²) < 4.78 is 5.85. The summed E-state index contributed by atoms with van der Waals surface area (Å²) in [5.74, 6) is 1.14. The van der Waals surface area contributed by atoms with Gasteiger partial charge < -0.3 is 15.4 Å². The Balaban J connectivity index is 1.44. The van der Waals surface area contributed by atoms with Crippen molar-refractivity contribution in [2.24, 2.45) is 0 Å². The molecule has 4 rings (SSSR count). The molecule has 0 aliphatic carbocycles.